The molecule has 2 aromatic rings. The predicted molar refractivity (Wildman–Crippen MR) is 70.6 cm³/mol. The van der Waals surface area contributed by atoms with E-state index in [0.29, 0.717) is 0 Å². The Balaban J connectivity index is 1.98. The highest BCUT2D eigenvalue weighted by Gasteiger charge is 2.15. The van der Waals surface area contributed by atoms with Gasteiger partial charge in [-0.2, -0.15) is 11.3 Å². The van der Waals surface area contributed by atoms with Crippen LogP contribution < -0.4 is 5.32 Å². The van der Waals surface area contributed by atoms with E-state index in [-0.39, 0.29) is 17.8 Å². The van der Waals surface area contributed by atoms with Gasteiger partial charge in [-0.15, -0.1) is 5.10 Å². The van der Waals surface area contributed by atoms with Crippen LogP contribution in [0.1, 0.15) is 48.3 Å². The molecule has 2 heterocycles. The van der Waals surface area contributed by atoms with Crippen LogP contribution in [0.15, 0.2) is 16.8 Å². The number of aryl methyl sites for hydroxylation is 1. The second kappa shape index (κ2) is 5.77. The first kappa shape index (κ1) is 12.8. The third-order valence-corrected chi connectivity index (χ3v) is 3.31. The summed E-state index contributed by atoms with van der Waals surface area (Å²) in [7, 11) is 0. The van der Waals surface area contributed by atoms with E-state index in [0.717, 1.165) is 24.2 Å². The summed E-state index contributed by atoms with van der Waals surface area (Å²) >= 11 is 1.61. The van der Waals surface area contributed by atoms with Crippen molar-refractivity contribution in [2.45, 2.75) is 32.7 Å². The normalized spacial score (nSPS) is 12.3. The number of aromatic amines is 1. The Bertz CT molecular complexity index is 506. The van der Waals surface area contributed by atoms with Crippen LogP contribution in [0.25, 0.3) is 0 Å². The lowest BCUT2D eigenvalue weighted by Crippen LogP contribution is -2.27. The highest BCUT2D eigenvalue weighted by molar-refractivity contribution is 7.07. The number of nitrogens with zero attached hydrogens (tertiary/aromatic N) is 2. The Morgan fingerprint density at radius 3 is 3.11 bits per heavy atom. The average Bonchev–Trinajstić information content (AvgIpc) is 3.00. The molecule has 96 valence electrons. The molecule has 0 radical (unpaired) electrons. The smallest absolute Gasteiger partial charge is 0.291 e. The van der Waals surface area contributed by atoms with E-state index in [1.54, 1.807) is 11.3 Å². The first-order valence-electron chi connectivity index (χ1n) is 5.95. The van der Waals surface area contributed by atoms with Crippen molar-refractivity contribution in [3.8, 4) is 0 Å². The maximum absolute atomic E-state index is 11.9. The zero-order chi connectivity index (χ0) is 13.0. The zero-order valence-electron chi connectivity index (χ0n) is 10.4. The van der Waals surface area contributed by atoms with E-state index in [9.17, 15) is 4.79 Å². The van der Waals surface area contributed by atoms with E-state index in [2.05, 4.69) is 27.4 Å². The topological polar surface area (TPSA) is 70.7 Å². The SMILES string of the molecule is CCCc1nc(C(=O)NC(C)c2ccsc2)n[nH]1. The molecule has 1 unspecified atom stereocenters. The van der Waals surface area contributed by atoms with Gasteiger partial charge in [0.2, 0.25) is 5.82 Å². The van der Waals surface area contributed by atoms with Crippen LogP contribution in [-0.2, 0) is 6.42 Å². The van der Waals surface area contributed by atoms with Gasteiger partial charge in [0.15, 0.2) is 0 Å². The Morgan fingerprint density at radius 2 is 2.44 bits per heavy atom. The van der Waals surface area contributed by atoms with Crippen molar-refractivity contribution in [2.75, 3.05) is 0 Å². The maximum Gasteiger partial charge on any atom is 0.291 e. The lowest BCUT2D eigenvalue weighted by Gasteiger charge is -2.10. The van der Waals surface area contributed by atoms with Gasteiger partial charge < -0.3 is 5.32 Å². The van der Waals surface area contributed by atoms with Crippen molar-refractivity contribution in [1.29, 1.82) is 0 Å². The molecule has 0 aliphatic heterocycles. The van der Waals surface area contributed by atoms with Crippen molar-refractivity contribution in [3.63, 3.8) is 0 Å². The fourth-order valence-electron chi connectivity index (χ4n) is 1.61. The number of nitrogens with one attached hydrogen (secondary N) is 2. The van der Waals surface area contributed by atoms with Gasteiger partial charge in [-0.05, 0) is 35.7 Å². The molecule has 5 nitrogen and oxygen atoms in total. The fourth-order valence-corrected chi connectivity index (χ4v) is 2.37. The van der Waals surface area contributed by atoms with Crippen LogP contribution in [0.5, 0.6) is 0 Å². The lowest BCUT2D eigenvalue weighted by atomic mass is 10.2. The number of carbonyl (C=O) groups is 1. The van der Waals surface area contributed by atoms with Gasteiger partial charge in [-0.25, -0.2) is 4.98 Å². The Labute approximate surface area is 110 Å². The van der Waals surface area contributed by atoms with Crippen molar-refractivity contribution >= 4 is 17.2 Å². The van der Waals surface area contributed by atoms with E-state index in [1.165, 1.54) is 0 Å². The van der Waals surface area contributed by atoms with Gasteiger partial charge in [0.05, 0.1) is 6.04 Å². The van der Waals surface area contributed by atoms with Crippen LogP contribution in [0.4, 0.5) is 0 Å². The second-order valence-corrected chi connectivity index (χ2v) is 4.89. The molecule has 0 fully saturated rings. The van der Waals surface area contributed by atoms with Gasteiger partial charge >= 0.3 is 0 Å². The first-order valence-corrected chi connectivity index (χ1v) is 6.89. The monoisotopic (exact) mass is 264 g/mol. The molecule has 0 bridgehead atoms. The second-order valence-electron chi connectivity index (χ2n) is 4.11. The number of hydrogen-bond acceptors (Lipinski definition) is 4. The van der Waals surface area contributed by atoms with Crippen molar-refractivity contribution in [2.24, 2.45) is 0 Å². The number of aromatic nitrogens is 3. The van der Waals surface area contributed by atoms with Gasteiger partial charge in [0.25, 0.3) is 5.91 Å². The summed E-state index contributed by atoms with van der Waals surface area (Å²) in [6.45, 7) is 4.00. The highest BCUT2D eigenvalue weighted by atomic mass is 32.1. The summed E-state index contributed by atoms with van der Waals surface area (Å²) in [5, 5.41) is 13.6. The molecule has 2 aromatic heterocycles. The Morgan fingerprint density at radius 1 is 1.61 bits per heavy atom. The largest absolute Gasteiger partial charge is 0.343 e. The van der Waals surface area contributed by atoms with Crippen LogP contribution in [0.2, 0.25) is 0 Å². The molecule has 0 aromatic carbocycles. The summed E-state index contributed by atoms with van der Waals surface area (Å²) in [6, 6.07) is 1.97. The minimum atomic E-state index is -0.243. The maximum atomic E-state index is 11.9. The van der Waals surface area contributed by atoms with Crippen molar-refractivity contribution < 1.29 is 4.79 Å². The molecule has 2 rings (SSSR count). The third-order valence-electron chi connectivity index (χ3n) is 2.61. The highest BCUT2D eigenvalue weighted by Crippen LogP contribution is 2.15. The number of carbonyl (C=O) groups excluding carboxylic acids is 1. The minimum absolute atomic E-state index is 0.0307. The van der Waals surface area contributed by atoms with Crippen LogP contribution in [0.3, 0.4) is 0 Å². The van der Waals surface area contributed by atoms with Crippen LogP contribution in [-0.4, -0.2) is 21.1 Å². The molecular formula is C12H16N4OS. The number of rotatable bonds is 5. The van der Waals surface area contributed by atoms with Gasteiger partial charge in [-0.1, -0.05) is 6.92 Å². The molecule has 0 saturated heterocycles. The molecule has 6 heteroatoms. The number of amides is 1. The fraction of sp³-hybridized carbons (Fsp3) is 0.417. The summed E-state index contributed by atoms with van der Waals surface area (Å²) in [4.78, 5) is 16.1. The van der Waals surface area contributed by atoms with E-state index in [1.807, 2.05) is 23.8 Å². The van der Waals surface area contributed by atoms with Gasteiger partial charge in [-0.3, -0.25) is 9.89 Å². The van der Waals surface area contributed by atoms with Crippen molar-refractivity contribution in [1.82, 2.24) is 20.5 Å². The van der Waals surface area contributed by atoms with Gasteiger partial charge in [0, 0.05) is 6.42 Å². The van der Waals surface area contributed by atoms with E-state index in [4.69, 9.17) is 0 Å². The predicted octanol–water partition coefficient (Wildman–Crippen LogP) is 2.31. The first-order chi connectivity index (χ1) is 8.70. The lowest BCUT2D eigenvalue weighted by molar-refractivity contribution is 0.0930. The number of hydrogen-bond donors (Lipinski definition) is 2. The molecule has 18 heavy (non-hydrogen) atoms. The standard InChI is InChI=1S/C12H16N4OS/c1-3-4-10-14-11(16-15-10)12(17)13-8(2)9-5-6-18-7-9/h5-8H,3-4H2,1-2H3,(H,13,17)(H,14,15,16). The molecule has 0 spiro atoms. The zero-order valence-corrected chi connectivity index (χ0v) is 11.3. The van der Waals surface area contributed by atoms with E-state index >= 15 is 0 Å². The molecule has 1 amide bonds. The average molecular weight is 264 g/mol. The van der Waals surface area contributed by atoms with Crippen LogP contribution in [0, 0.1) is 0 Å². The summed E-state index contributed by atoms with van der Waals surface area (Å²) in [5.41, 5.74) is 1.10. The van der Waals surface area contributed by atoms with Crippen LogP contribution >= 0.6 is 11.3 Å². The number of H-pyrrole nitrogens is 1. The quantitative estimate of drug-likeness (QED) is 0.870. The molecule has 0 aliphatic carbocycles. The summed E-state index contributed by atoms with van der Waals surface area (Å²) in [6.07, 6.45) is 1.78. The molecule has 2 N–H and O–H groups in total. The minimum Gasteiger partial charge on any atom is -0.343 e. The molecular weight excluding hydrogens is 248 g/mol. The van der Waals surface area contributed by atoms with Crippen molar-refractivity contribution in [3.05, 3.63) is 34.0 Å². The van der Waals surface area contributed by atoms with Gasteiger partial charge in [0.1, 0.15) is 5.82 Å². The van der Waals surface area contributed by atoms with E-state index < -0.39 is 0 Å². The summed E-state index contributed by atoms with van der Waals surface area (Å²) in [5.74, 6) is 0.721. The molecule has 0 saturated carbocycles. The Hall–Kier alpha value is -1.69. The Kier molecular flexibility index (Phi) is 4.09. The molecule has 1 atom stereocenters. The molecule has 0 aliphatic rings. The third kappa shape index (κ3) is 2.95. The number of thiophene rings is 1. The summed E-state index contributed by atoms with van der Waals surface area (Å²) < 4.78 is 0.